The maximum absolute atomic E-state index is 13.4. The molecule has 2 rings (SSSR count). The van der Waals surface area contributed by atoms with Gasteiger partial charge in [-0.05, 0) is 0 Å². The summed E-state index contributed by atoms with van der Waals surface area (Å²) in [6, 6.07) is 0.0859. The van der Waals surface area contributed by atoms with E-state index in [-0.39, 0.29) is 23.9 Å². The number of carboxylic acid groups (broad SMARTS) is 1. The van der Waals surface area contributed by atoms with E-state index in [0.29, 0.717) is 0 Å². The fourth-order valence-electron chi connectivity index (χ4n) is 1.75. The zero-order valence-corrected chi connectivity index (χ0v) is 10.6. The molecule has 0 atom stereocenters. The number of benzene rings is 1. The van der Waals surface area contributed by atoms with Crippen molar-refractivity contribution in [3.63, 3.8) is 0 Å². The molecular formula is C12H9F4N3O2. The number of aromatic nitrogens is 2. The summed E-state index contributed by atoms with van der Waals surface area (Å²) >= 11 is 0. The highest BCUT2D eigenvalue weighted by Gasteiger charge is 2.21. The van der Waals surface area contributed by atoms with Crippen LogP contribution in [0.1, 0.15) is 16.1 Å². The largest absolute Gasteiger partial charge is 0.478 e. The van der Waals surface area contributed by atoms with Crippen molar-refractivity contribution in [1.29, 1.82) is 0 Å². The first-order valence-corrected chi connectivity index (χ1v) is 5.64. The second-order valence-corrected chi connectivity index (χ2v) is 4.13. The van der Waals surface area contributed by atoms with E-state index in [2.05, 4.69) is 10.4 Å². The van der Waals surface area contributed by atoms with Crippen LogP contribution in [-0.4, -0.2) is 20.9 Å². The minimum absolute atomic E-state index is 0.0859. The van der Waals surface area contributed by atoms with Crippen LogP contribution in [0.4, 0.5) is 23.2 Å². The van der Waals surface area contributed by atoms with Crippen LogP contribution in [-0.2, 0) is 13.6 Å². The van der Waals surface area contributed by atoms with Crippen LogP contribution < -0.4 is 5.32 Å². The molecule has 1 heterocycles. The summed E-state index contributed by atoms with van der Waals surface area (Å²) in [5, 5.41) is 14.8. The first-order chi connectivity index (χ1) is 9.82. The number of hydrogen-bond acceptors (Lipinski definition) is 3. The highest BCUT2D eigenvalue weighted by molar-refractivity contribution is 5.88. The first kappa shape index (κ1) is 14.8. The molecule has 2 aromatic rings. The van der Waals surface area contributed by atoms with E-state index < -0.39 is 34.9 Å². The molecule has 0 radical (unpaired) electrons. The number of aryl methyl sites for hydroxylation is 1. The van der Waals surface area contributed by atoms with E-state index in [1.54, 1.807) is 0 Å². The van der Waals surface area contributed by atoms with Gasteiger partial charge in [-0.25, -0.2) is 22.4 Å². The van der Waals surface area contributed by atoms with E-state index in [1.807, 2.05) is 0 Å². The standard InChI is InChI=1S/C12H9F4N3O2/c1-19-8(5(3-18-19)12(20)21)4-17-11-9(15)6(13)2-7(14)10(11)16/h2-3,17H,4H2,1H3,(H,20,21). The monoisotopic (exact) mass is 303 g/mol. The van der Waals surface area contributed by atoms with Crippen molar-refractivity contribution in [1.82, 2.24) is 9.78 Å². The van der Waals surface area contributed by atoms with Crippen LogP contribution in [0, 0.1) is 23.3 Å². The third-order valence-electron chi connectivity index (χ3n) is 2.84. The molecule has 0 aliphatic rings. The summed E-state index contributed by atoms with van der Waals surface area (Å²) in [7, 11) is 1.42. The van der Waals surface area contributed by atoms with Gasteiger partial charge in [-0.2, -0.15) is 5.10 Å². The summed E-state index contributed by atoms with van der Waals surface area (Å²) in [5.74, 6) is -7.58. The van der Waals surface area contributed by atoms with Crippen LogP contribution in [0.25, 0.3) is 0 Å². The summed E-state index contributed by atoms with van der Waals surface area (Å²) < 4.78 is 54.1. The topological polar surface area (TPSA) is 67.2 Å². The molecule has 0 aliphatic heterocycles. The second kappa shape index (κ2) is 5.43. The molecule has 0 saturated carbocycles. The highest BCUT2D eigenvalue weighted by Crippen LogP contribution is 2.25. The van der Waals surface area contributed by atoms with Crippen LogP contribution >= 0.6 is 0 Å². The number of nitrogens with one attached hydrogen (secondary N) is 1. The van der Waals surface area contributed by atoms with Crippen molar-refractivity contribution >= 4 is 11.7 Å². The quantitative estimate of drug-likeness (QED) is 0.672. The van der Waals surface area contributed by atoms with E-state index in [4.69, 9.17) is 5.11 Å². The molecule has 1 aromatic carbocycles. The molecule has 0 bridgehead atoms. The average Bonchev–Trinajstić information content (AvgIpc) is 2.78. The number of anilines is 1. The molecule has 9 heteroatoms. The average molecular weight is 303 g/mol. The van der Waals surface area contributed by atoms with Gasteiger partial charge in [0.15, 0.2) is 23.3 Å². The predicted octanol–water partition coefficient (Wildman–Crippen LogP) is 2.29. The third kappa shape index (κ3) is 2.67. The van der Waals surface area contributed by atoms with Crippen molar-refractivity contribution in [2.24, 2.45) is 7.05 Å². The third-order valence-corrected chi connectivity index (χ3v) is 2.84. The fourth-order valence-corrected chi connectivity index (χ4v) is 1.75. The Morgan fingerprint density at radius 2 is 1.86 bits per heavy atom. The smallest absolute Gasteiger partial charge is 0.339 e. The number of aromatic carboxylic acids is 1. The van der Waals surface area contributed by atoms with Gasteiger partial charge in [0.05, 0.1) is 18.4 Å². The number of rotatable bonds is 4. The Morgan fingerprint density at radius 3 is 2.38 bits per heavy atom. The van der Waals surface area contributed by atoms with E-state index in [0.717, 1.165) is 6.20 Å². The highest BCUT2D eigenvalue weighted by atomic mass is 19.2. The van der Waals surface area contributed by atoms with E-state index in [9.17, 15) is 22.4 Å². The van der Waals surface area contributed by atoms with E-state index >= 15 is 0 Å². The second-order valence-electron chi connectivity index (χ2n) is 4.13. The summed E-state index contributed by atoms with van der Waals surface area (Å²) in [5.41, 5.74) is -1.11. The van der Waals surface area contributed by atoms with Crippen molar-refractivity contribution in [3.05, 3.63) is 46.8 Å². The maximum Gasteiger partial charge on any atom is 0.339 e. The van der Waals surface area contributed by atoms with E-state index in [1.165, 1.54) is 11.7 Å². The Labute approximate surface area is 115 Å². The first-order valence-electron chi connectivity index (χ1n) is 5.64. The molecule has 0 aliphatic carbocycles. The molecule has 2 N–H and O–H groups in total. The molecule has 21 heavy (non-hydrogen) atoms. The van der Waals surface area contributed by atoms with Crippen molar-refractivity contribution < 1.29 is 27.5 Å². The molecule has 5 nitrogen and oxygen atoms in total. The number of hydrogen-bond donors (Lipinski definition) is 2. The summed E-state index contributed by atoms with van der Waals surface area (Å²) in [6.07, 6.45) is 1.05. The number of halogens is 4. The Balaban J connectivity index is 2.33. The van der Waals surface area contributed by atoms with Gasteiger partial charge in [0.2, 0.25) is 0 Å². The van der Waals surface area contributed by atoms with Gasteiger partial charge in [0.1, 0.15) is 11.3 Å². The Morgan fingerprint density at radius 1 is 1.29 bits per heavy atom. The molecule has 0 amide bonds. The van der Waals surface area contributed by atoms with Gasteiger partial charge in [0.25, 0.3) is 0 Å². The SMILES string of the molecule is Cn1ncc(C(=O)O)c1CNc1c(F)c(F)cc(F)c1F. The number of carbonyl (C=O) groups is 1. The van der Waals surface area contributed by atoms with Crippen molar-refractivity contribution in [3.8, 4) is 0 Å². The van der Waals surface area contributed by atoms with Gasteiger partial charge in [-0.15, -0.1) is 0 Å². The maximum atomic E-state index is 13.4. The lowest BCUT2D eigenvalue weighted by atomic mass is 10.2. The van der Waals surface area contributed by atoms with Crippen LogP contribution in [0.15, 0.2) is 12.3 Å². The van der Waals surface area contributed by atoms with Crippen LogP contribution in [0.2, 0.25) is 0 Å². The molecule has 0 unspecified atom stereocenters. The molecule has 0 saturated heterocycles. The lowest BCUT2D eigenvalue weighted by Crippen LogP contribution is -2.13. The van der Waals surface area contributed by atoms with Crippen LogP contribution in [0.3, 0.4) is 0 Å². The molecule has 112 valence electrons. The Bertz CT molecular complexity index is 689. The fraction of sp³-hybridized carbons (Fsp3) is 0.167. The lowest BCUT2D eigenvalue weighted by Gasteiger charge is -2.11. The number of carboxylic acids is 1. The normalized spacial score (nSPS) is 10.7. The van der Waals surface area contributed by atoms with Gasteiger partial charge >= 0.3 is 5.97 Å². The molecule has 0 fully saturated rings. The van der Waals surface area contributed by atoms with Gasteiger partial charge in [0, 0.05) is 13.1 Å². The molecule has 0 spiro atoms. The van der Waals surface area contributed by atoms with Gasteiger partial charge < -0.3 is 10.4 Å². The summed E-state index contributed by atoms with van der Waals surface area (Å²) in [6.45, 7) is -0.380. The zero-order chi connectivity index (χ0) is 15.7. The Kier molecular flexibility index (Phi) is 3.83. The minimum atomic E-state index is -1.59. The van der Waals surface area contributed by atoms with Gasteiger partial charge in [-0.1, -0.05) is 0 Å². The zero-order valence-electron chi connectivity index (χ0n) is 10.6. The number of nitrogens with zero attached hydrogens (tertiary/aromatic N) is 2. The summed E-state index contributed by atoms with van der Waals surface area (Å²) in [4.78, 5) is 10.9. The molecule has 1 aromatic heterocycles. The predicted molar refractivity (Wildman–Crippen MR) is 63.8 cm³/mol. The van der Waals surface area contributed by atoms with Crippen molar-refractivity contribution in [2.75, 3.05) is 5.32 Å². The van der Waals surface area contributed by atoms with Crippen molar-refractivity contribution in [2.45, 2.75) is 6.54 Å². The molecular weight excluding hydrogens is 294 g/mol. The minimum Gasteiger partial charge on any atom is -0.478 e. The lowest BCUT2D eigenvalue weighted by molar-refractivity contribution is 0.0695. The van der Waals surface area contributed by atoms with Gasteiger partial charge in [-0.3, -0.25) is 4.68 Å². The Hall–Kier alpha value is -2.58. The van der Waals surface area contributed by atoms with Crippen LogP contribution in [0.5, 0.6) is 0 Å².